The maximum absolute atomic E-state index is 6.98. The zero-order valence-electron chi connectivity index (χ0n) is 15.0. The summed E-state index contributed by atoms with van der Waals surface area (Å²) in [5.41, 5.74) is 0.339. The average molecular weight is 315 g/mol. The SMILES string of the molecule is CCCCCCCCCCCCC1(Cl)CCCCC1(C)C. The fraction of sp³-hybridized carbons (Fsp3) is 1.00. The summed E-state index contributed by atoms with van der Waals surface area (Å²) in [6.45, 7) is 7.06. The highest BCUT2D eigenvalue weighted by molar-refractivity contribution is 6.24. The van der Waals surface area contributed by atoms with Crippen LogP contribution in [0, 0.1) is 5.41 Å². The number of unbranched alkanes of at least 4 members (excludes halogenated alkanes) is 9. The molecular formula is C20H39Cl. The van der Waals surface area contributed by atoms with Crippen LogP contribution in [0.25, 0.3) is 0 Å². The summed E-state index contributed by atoms with van der Waals surface area (Å²) in [6, 6.07) is 0. The molecule has 1 rings (SSSR count). The molecule has 0 aromatic heterocycles. The Kier molecular flexibility index (Phi) is 9.33. The predicted octanol–water partition coefficient (Wildman–Crippen LogP) is 7.88. The molecule has 1 heteroatoms. The molecule has 1 aliphatic rings. The summed E-state index contributed by atoms with van der Waals surface area (Å²) in [5, 5.41) is 0. The number of rotatable bonds is 11. The largest absolute Gasteiger partial charge is 0.119 e. The van der Waals surface area contributed by atoms with Gasteiger partial charge in [0, 0.05) is 4.87 Å². The van der Waals surface area contributed by atoms with Gasteiger partial charge in [-0.25, -0.2) is 0 Å². The van der Waals surface area contributed by atoms with E-state index in [1.54, 1.807) is 0 Å². The van der Waals surface area contributed by atoms with E-state index in [2.05, 4.69) is 20.8 Å². The van der Waals surface area contributed by atoms with Crippen molar-refractivity contribution in [3.8, 4) is 0 Å². The van der Waals surface area contributed by atoms with E-state index in [1.165, 1.54) is 96.3 Å². The van der Waals surface area contributed by atoms with Gasteiger partial charge in [-0.2, -0.15) is 0 Å². The lowest BCUT2D eigenvalue weighted by Crippen LogP contribution is -2.42. The lowest BCUT2D eigenvalue weighted by molar-refractivity contribution is 0.152. The van der Waals surface area contributed by atoms with Crippen LogP contribution in [0.3, 0.4) is 0 Å². The Balaban J connectivity index is 2.01. The quantitative estimate of drug-likeness (QED) is 0.269. The summed E-state index contributed by atoms with van der Waals surface area (Å²) in [4.78, 5) is 0.0887. The van der Waals surface area contributed by atoms with Crippen molar-refractivity contribution in [3.05, 3.63) is 0 Å². The fourth-order valence-corrected chi connectivity index (χ4v) is 4.25. The smallest absolute Gasteiger partial charge is 0.0497 e. The van der Waals surface area contributed by atoms with Crippen LogP contribution in [0.5, 0.6) is 0 Å². The third-order valence-electron chi connectivity index (χ3n) is 5.76. The van der Waals surface area contributed by atoms with Gasteiger partial charge in [0.25, 0.3) is 0 Å². The van der Waals surface area contributed by atoms with Crippen molar-refractivity contribution in [3.63, 3.8) is 0 Å². The maximum atomic E-state index is 6.98. The van der Waals surface area contributed by atoms with Crippen molar-refractivity contribution in [1.29, 1.82) is 0 Å². The van der Waals surface area contributed by atoms with Gasteiger partial charge in [0.1, 0.15) is 0 Å². The van der Waals surface area contributed by atoms with Gasteiger partial charge >= 0.3 is 0 Å². The van der Waals surface area contributed by atoms with Crippen LogP contribution in [0.15, 0.2) is 0 Å². The molecule has 0 amide bonds. The van der Waals surface area contributed by atoms with E-state index in [-0.39, 0.29) is 4.87 Å². The Bertz CT molecular complexity index is 259. The fourth-order valence-electron chi connectivity index (χ4n) is 3.89. The van der Waals surface area contributed by atoms with Crippen LogP contribution in [0.4, 0.5) is 0 Å². The third-order valence-corrected chi connectivity index (χ3v) is 6.65. The molecule has 1 fully saturated rings. The molecule has 1 aliphatic carbocycles. The Morgan fingerprint density at radius 2 is 1.19 bits per heavy atom. The van der Waals surface area contributed by atoms with Crippen molar-refractivity contribution in [1.82, 2.24) is 0 Å². The van der Waals surface area contributed by atoms with Gasteiger partial charge in [-0.15, -0.1) is 11.6 Å². The summed E-state index contributed by atoms with van der Waals surface area (Å²) in [6.07, 6.45) is 20.6. The second-order valence-corrected chi connectivity index (χ2v) is 8.71. The van der Waals surface area contributed by atoms with Gasteiger partial charge in [-0.1, -0.05) is 97.8 Å². The van der Waals surface area contributed by atoms with Crippen LogP contribution in [-0.2, 0) is 0 Å². The van der Waals surface area contributed by atoms with Crippen LogP contribution in [0.1, 0.15) is 117 Å². The minimum absolute atomic E-state index is 0.0887. The van der Waals surface area contributed by atoms with E-state index in [4.69, 9.17) is 11.6 Å². The summed E-state index contributed by atoms with van der Waals surface area (Å²) in [7, 11) is 0. The number of halogens is 1. The van der Waals surface area contributed by atoms with Crippen LogP contribution < -0.4 is 0 Å². The van der Waals surface area contributed by atoms with Gasteiger partial charge in [0.15, 0.2) is 0 Å². The monoisotopic (exact) mass is 314 g/mol. The van der Waals surface area contributed by atoms with Crippen molar-refractivity contribution in [2.45, 2.75) is 122 Å². The van der Waals surface area contributed by atoms with E-state index in [0.29, 0.717) is 5.41 Å². The van der Waals surface area contributed by atoms with E-state index >= 15 is 0 Å². The van der Waals surface area contributed by atoms with Gasteiger partial charge in [0.05, 0.1) is 0 Å². The topological polar surface area (TPSA) is 0 Å². The number of hydrogen-bond donors (Lipinski definition) is 0. The average Bonchev–Trinajstić information content (AvgIpc) is 2.44. The molecule has 126 valence electrons. The minimum Gasteiger partial charge on any atom is -0.119 e. The third kappa shape index (κ3) is 6.93. The molecule has 0 radical (unpaired) electrons. The second kappa shape index (κ2) is 10.1. The van der Waals surface area contributed by atoms with Crippen molar-refractivity contribution in [2.24, 2.45) is 5.41 Å². The Labute approximate surface area is 139 Å². The van der Waals surface area contributed by atoms with E-state index < -0.39 is 0 Å². The lowest BCUT2D eigenvalue weighted by Gasteiger charge is -2.46. The second-order valence-electron chi connectivity index (χ2n) is 7.99. The first-order valence-electron chi connectivity index (χ1n) is 9.71. The standard InChI is InChI=1S/C20H39Cl/c1-4-5-6-7-8-9-10-11-12-13-17-20(21)18-15-14-16-19(20,2)3/h4-18H2,1-3H3. The molecule has 0 aliphatic heterocycles. The molecular weight excluding hydrogens is 276 g/mol. The van der Waals surface area contributed by atoms with Crippen LogP contribution in [-0.4, -0.2) is 4.87 Å². The van der Waals surface area contributed by atoms with Crippen LogP contribution in [0.2, 0.25) is 0 Å². The predicted molar refractivity (Wildman–Crippen MR) is 97.3 cm³/mol. The van der Waals surface area contributed by atoms with Gasteiger partial charge in [0.2, 0.25) is 0 Å². The molecule has 0 spiro atoms. The zero-order chi connectivity index (χ0) is 15.6. The minimum atomic E-state index is 0.0887. The van der Waals surface area contributed by atoms with Gasteiger partial charge in [-0.05, 0) is 24.7 Å². The Morgan fingerprint density at radius 3 is 1.71 bits per heavy atom. The molecule has 0 heterocycles. The molecule has 0 nitrogen and oxygen atoms in total. The maximum Gasteiger partial charge on any atom is 0.0497 e. The molecule has 0 saturated heterocycles. The summed E-state index contributed by atoms with van der Waals surface area (Å²) >= 11 is 6.98. The van der Waals surface area contributed by atoms with Crippen molar-refractivity contribution < 1.29 is 0 Å². The first kappa shape index (κ1) is 19.3. The van der Waals surface area contributed by atoms with E-state index in [0.717, 1.165) is 0 Å². The highest BCUT2D eigenvalue weighted by atomic mass is 35.5. The highest BCUT2D eigenvalue weighted by Crippen LogP contribution is 2.50. The summed E-state index contributed by atoms with van der Waals surface area (Å²) in [5.74, 6) is 0. The Morgan fingerprint density at radius 1 is 0.714 bits per heavy atom. The zero-order valence-corrected chi connectivity index (χ0v) is 15.7. The number of hydrogen-bond acceptors (Lipinski definition) is 0. The molecule has 1 atom stereocenters. The highest BCUT2D eigenvalue weighted by Gasteiger charge is 2.44. The van der Waals surface area contributed by atoms with E-state index in [1.807, 2.05) is 0 Å². The van der Waals surface area contributed by atoms with Gasteiger partial charge < -0.3 is 0 Å². The number of alkyl halides is 1. The first-order chi connectivity index (χ1) is 10.0. The van der Waals surface area contributed by atoms with Crippen LogP contribution >= 0.6 is 11.6 Å². The first-order valence-corrected chi connectivity index (χ1v) is 10.1. The molecule has 0 aromatic carbocycles. The molecule has 0 N–H and O–H groups in total. The lowest BCUT2D eigenvalue weighted by atomic mass is 9.66. The molecule has 1 unspecified atom stereocenters. The Hall–Kier alpha value is 0.290. The molecule has 0 aromatic rings. The summed E-state index contributed by atoms with van der Waals surface area (Å²) < 4.78 is 0. The van der Waals surface area contributed by atoms with Gasteiger partial charge in [-0.3, -0.25) is 0 Å². The normalized spacial score (nSPS) is 25.1. The van der Waals surface area contributed by atoms with Crippen molar-refractivity contribution >= 4 is 11.6 Å². The molecule has 1 saturated carbocycles. The molecule has 0 bridgehead atoms. The molecule has 21 heavy (non-hydrogen) atoms. The van der Waals surface area contributed by atoms with Crippen molar-refractivity contribution in [2.75, 3.05) is 0 Å². The van der Waals surface area contributed by atoms with E-state index in [9.17, 15) is 0 Å².